The van der Waals surface area contributed by atoms with Gasteiger partial charge in [-0.2, -0.15) is 4.31 Å². The molecule has 0 radical (unpaired) electrons. The fourth-order valence-electron chi connectivity index (χ4n) is 4.50. The Kier molecular flexibility index (Phi) is 5.79. The van der Waals surface area contributed by atoms with Crippen LogP contribution >= 0.6 is 0 Å². The number of hydrogen-bond acceptors (Lipinski definition) is 6. The molecule has 32 heavy (non-hydrogen) atoms. The van der Waals surface area contributed by atoms with Gasteiger partial charge in [-0.15, -0.1) is 0 Å². The van der Waals surface area contributed by atoms with Gasteiger partial charge in [0, 0.05) is 32.7 Å². The second kappa shape index (κ2) is 8.73. The predicted octanol–water partition coefficient (Wildman–Crippen LogP) is 1.53. The molecule has 1 saturated heterocycles. The Morgan fingerprint density at radius 2 is 1.72 bits per heavy atom. The second-order valence-corrected chi connectivity index (χ2v) is 10.4. The molecule has 2 heterocycles. The molecule has 9 heteroatoms. The fourth-order valence-corrected chi connectivity index (χ4v) is 5.97. The maximum atomic E-state index is 13.1. The minimum absolute atomic E-state index is 0.0856. The molecule has 1 amide bonds. The molecule has 2 aliphatic heterocycles. The molecular formula is C23H27N3O5S. The summed E-state index contributed by atoms with van der Waals surface area (Å²) < 4.78 is 38.3. The Bertz CT molecular complexity index is 1130. The number of amides is 1. The monoisotopic (exact) mass is 457 g/mol. The van der Waals surface area contributed by atoms with E-state index in [1.807, 2.05) is 35.2 Å². The lowest BCUT2D eigenvalue weighted by molar-refractivity contribution is -0.122. The summed E-state index contributed by atoms with van der Waals surface area (Å²) in [5.41, 5.74) is 3.36. The van der Waals surface area contributed by atoms with E-state index in [0.29, 0.717) is 49.1 Å². The number of ether oxygens (including phenoxy) is 2. The highest BCUT2D eigenvalue weighted by atomic mass is 32.2. The van der Waals surface area contributed by atoms with Crippen molar-refractivity contribution in [3.8, 4) is 11.5 Å². The van der Waals surface area contributed by atoms with Crippen molar-refractivity contribution in [3.63, 3.8) is 0 Å². The molecule has 1 N–H and O–H groups in total. The van der Waals surface area contributed by atoms with Crippen LogP contribution in [0.2, 0.25) is 0 Å². The summed E-state index contributed by atoms with van der Waals surface area (Å²) in [5.74, 6) is 1.32. The van der Waals surface area contributed by atoms with Gasteiger partial charge in [-0.25, -0.2) is 8.42 Å². The van der Waals surface area contributed by atoms with Crippen LogP contribution in [0.15, 0.2) is 41.3 Å². The third-order valence-electron chi connectivity index (χ3n) is 6.33. The summed E-state index contributed by atoms with van der Waals surface area (Å²) >= 11 is 0. The van der Waals surface area contributed by atoms with Crippen molar-refractivity contribution in [2.24, 2.45) is 0 Å². The fraction of sp³-hybridized carbons (Fsp3) is 0.435. The van der Waals surface area contributed by atoms with Gasteiger partial charge in [0.1, 0.15) is 0 Å². The molecule has 170 valence electrons. The number of rotatable bonds is 6. The molecule has 1 fully saturated rings. The minimum atomic E-state index is -3.50. The van der Waals surface area contributed by atoms with Gasteiger partial charge in [-0.05, 0) is 60.2 Å². The largest absolute Gasteiger partial charge is 0.454 e. The van der Waals surface area contributed by atoms with Crippen molar-refractivity contribution in [2.45, 2.75) is 30.7 Å². The number of hydrogen-bond donors (Lipinski definition) is 1. The molecule has 1 aliphatic carbocycles. The molecule has 0 bridgehead atoms. The highest BCUT2D eigenvalue weighted by molar-refractivity contribution is 7.89. The van der Waals surface area contributed by atoms with Crippen LogP contribution < -0.4 is 14.8 Å². The van der Waals surface area contributed by atoms with Crippen LogP contribution in [0.3, 0.4) is 0 Å². The molecule has 0 unspecified atom stereocenters. The van der Waals surface area contributed by atoms with Crippen LogP contribution in [0.5, 0.6) is 11.5 Å². The minimum Gasteiger partial charge on any atom is -0.454 e. The van der Waals surface area contributed by atoms with E-state index in [4.69, 9.17) is 9.47 Å². The van der Waals surface area contributed by atoms with E-state index in [-0.39, 0.29) is 19.2 Å². The molecular weight excluding hydrogens is 430 g/mol. The van der Waals surface area contributed by atoms with E-state index < -0.39 is 10.0 Å². The maximum Gasteiger partial charge on any atom is 0.243 e. The summed E-state index contributed by atoms with van der Waals surface area (Å²) in [6.07, 6.45) is 3.08. The predicted molar refractivity (Wildman–Crippen MR) is 118 cm³/mol. The molecule has 8 nitrogen and oxygen atoms in total. The van der Waals surface area contributed by atoms with E-state index in [1.54, 1.807) is 6.07 Å². The third-order valence-corrected chi connectivity index (χ3v) is 8.23. The van der Waals surface area contributed by atoms with Crippen molar-refractivity contribution in [3.05, 3.63) is 53.1 Å². The normalized spacial score (nSPS) is 18.5. The number of carbonyl (C=O) groups excluding carboxylic acids is 1. The number of benzene rings is 2. The summed E-state index contributed by atoms with van der Waals surface area (Å²) in [5, 5.41) is 2.92. The molecule has 0 atom stereocenters. The number of fused-ring (bicyclic) bond motifs is 2. The number of nitrogens with zero attached hydrogens (tertiary/aromatic N) is 2. The number of carbonyl (C=O) groups is 1. The molecule has 5 rings (SSSR count). The molecule has 2 aromatic rings. The lowest BCUT2D eigenvalue weighted by Crippen LogP contribution is -2.51. The van der Waals surface area contributed by atoms with E-state index >= 15 is 0 Å². The zero-order valence-corrected chi connectivity index (χ0v) is 18.7. The lowest BCUT2D eigenvalue weighted by Gasteiger charge is -2.33. The summed E-state index contributed by atoms with van der Waals surface area (Å²) in [7, 11) is -3.50. The van der Waals surface area contributed by atoms with E-state index in [1.165, 1.54) is 9.87 Å². The first-order valence-electron chi connectivity index (χ1n) is 11.0. The first-order chi connectivity index (χ1) is 15.5. The average molecular weight is 458 g/mol. The average Bonchev–Trinajstić information content (AvgIpc) is 3.46. The Morgan fingerprint density at radius 3 is 2.56 bits per heavy atom. The van der Waals surface area contributed by atoms with Gasteiger partial charge < -0.3 is 14.8 Å². The molecule has 0 saturated carbocycles. The smallest absolute Gasteiger partial charge is 0.243 e. The summed E-state index contributed by atoms with van der Waals surface area (Å²) in [6, 6.07) is 11.1. The Hall–Kier alpha value is -2.62. The van der Waals surface area contributed by atoms with Gasteiger partial charge in [0.25, 0.3) is 0 Å². The van der Waals surface area contributed by atoms with Gasteiger partial charge in [0.05, 0.1) is 11.4 Å². The number of nitrogens with one attached hydrogen (secondary N) is 1. The van der Waals surface area contributed by atoms with Gasteiger partial charge in [0.15, 0.2) is 11.5 Å². The maximum absolute atomic E-state index is 13.1. The number of aryl methyl sites for hydroxylation is 2. The van der Waals surface area contributed by atoms with E-state index in [0.717, 1.165) is 30.4 Å². The molecule has 2 aromatic carbocycles. The van der Waals surface area contributed by atoms with Crippen LogP contribution in [0.25, 0.3) is 0 Å². The zero-order valence-electron chi connectivity index (χ0n) is 17.9. The highest BCUT2D eigenvalue weighted by Gasteiger charge is 2.30. The SMILES string of the molecule is O=C(CN1CCN(S(=O)(=O)c2ccc3c(c2)CCC3)CC1)NCc1ccc2c(c1)OCO2. The first kappa shape index (κ1) is 21.2. The Labute approximate surface area is 188 Å². The second-order valence-electron chi connectivity index (χ2n) is 8.43. The van der Waals surface area contributed by atoms with Gasteiger partial charge in [-0.1, -0.05) is 12.1 Å². The summed E-state index contributed by atoms with van der Waals surface area (Å²) in [4.78, 5) is 14.8. The first-order valence-corrected chi connectivity index (χ1v) is 12.4. The van der Waals surface area contributed by atoms with Crippen molar-refractivity contribution < 1.29 is 22.7 Å². The van der Waals surface area contributed by atoms with Crippen molar-refractivity contribution in [1.82, 2.24) is 14.5 Å². The third kappa shape index (κ3) is 4.32. The lowest BCUT2D eigenvalue weighted by atomic mass is 10.1. The number of sulfonamides is 1. The molecule has 3 aliphatic rings. The van der Waals surface area contributed by atoms with Crippen LogP contribution in [0, 0.1) is 0 Å². The van der Waals surface area contributed by atoms with Gasteiger partial charge in [0.2, 0.25) is 22.7 Å². The van der Waals surface area contributed by atoms with E-state index in [9.17, 15) is 13.2 Å². The van der Waals surface area contributed by atoms with E-state index in [2.05, 4.69) is 5.32 Å². The zero-order chi connectivity index (χ0) is 22.1. The van der Waals surface area contributed by atoms with Gasteiger partial charge >= 0.3 is 0 Å². The van der Waals surface area contributed by atoms with Crippen molar-refractivity contribution in [1.29, 1.82) is 0 Å². The number of piperazine rings is 1. The van der Waals surface area contributed by atoms with Gasteiger partial charge in [-0.3, -0.25) is 9.69 Å². The quantitative estimate of drug-likeness (QED) is 0.708. The summed E-state index contributed by atoms with van der Waals surface area (Å²) in [6.45, 7) is 2.70. The van der Waals surface area contributed by atoms with Crippen LogP contribution in [-0.4, -0.2) is 63.0 Å². The Balaban J connectivity index is 1.11. The topological polar surface area (TPSA) is 88.2 Å². The Morgan fingerprint density at radius 1 is 0.938 bits per heavy atom. The standard InChI is InChI=1S/C23H27N3O5S/c27-23(24-14-17-4-7-21-22(12-17)31-16-30-21)15-25-8-10-26(11-9-25)32(28,29)20-6-5-18-2-1-3-19(18)13-20/h4-7,12-13H,1-3,8-11,14-16H2,(H,24,27). The van der Waals surface area contributed by atoms with Crippen LogP contribution in [0.4, 0.5) is 0 Å². The van der Waals surface area contributed by atoms with Crippen molar-refractivity contribution >= 4 is 15.9 Å². The van der Waals surface area contributed by atoms with Crippen molar-refractivity contribution in [2.75, 3.05) is 39.5 Å². The highest BCUT2D eigenvalue weighted by Crippen LogP contribution is 2.32. The molecule has 0 spiro atoms. The van der Waals surface area contributed by atoms with Crippen LogP contribution in [-0.2, 0) is 34.2 Å². The van der Waals surface area contributed by atoms with Crippen LogP contribution in [0.1, 0.15) is 23.1 Å². The molecule has 0 aromatic heterocycles.